The minimum atomic E-state index is -0.597. The lowest BCUT2D eigenvalue weighted by atomic mass is 10.1. The Morgan fingerprint density at radius 3 is 2.45 bits per heavy atom. The fourth-order valence-corrected chi connectivity index (χ4v) is 2.40. The van der Waals surface area contributed by atoms with Gasteiger partial charge in [-0.05, 0) is 63.1 Å². The fourth-order valence-electron chi connectivity index (χ4n) is 2.18. The first-order valence-electron chi connectivity index (χ1n) is 7.18. The van der Waals surface area contributed by atoms with Crippen LogP contribution in [0.3, 0.4) is 0 Å². The predicted octanol–water partition coefficient (Wildman–Crippen LogP) is 4.67. The number of amides is 1. The highest BCUT2D eigenvalue weighted by atomic mass is 35.5. The zero-order chi connectivity index (χ0) is 16.3. The molecule has 1 amide bonds. The van der Waals surface area contributed by atoms with Crippen LogP contribution < -0.4 is 10.1 Å². The third-order valence-corrected chi connectivity index (χ3v) is 3.68. The standard InChI is InChI=1S/C18H20ClNO2/c1-11-5-7-16(12(2)9-11)20-18(21)14(4)22-17-8-6-15(19)10-13(17)3/h5-10,14H,1-4H3,(H,20,21)/t14-/m1/s1. The van der Waals surface area contributed by atoms with Gasteiger partial charge in [0, 0.05) is 10.7 Å². The van der Waals surface area contributed by atoms with Gasteiger partial charge in [-0.3, -0.25) is 4.79 Å². The maximum atomic E-state index is 12.3. The Balaban J connectivity index is 2.05. The second kappa shape index (κ2) is 6.84. The number of hydrogen-bond donors (Lipinski definition) is 1. The molecule has 0 bridgehead atoms. The average Bonchev–Trinajstić information content (AvgIpc) is 2.44. The van der Waals surface area contributed by atoms with Crippen LogP contribution in [0.25, 0.3) is 0 Å². The molecule has 0 radical (unpaired) electrons. The molecule has 2 aromatic rings. The first-order valence-corrected chi connectivity index (χ1v) is 7.55. The molecule has 0 aliphatic rings. The van der Waals surface area contributed by atoms with Crippen molar-refractivity contribution >= 4 is 23.2 Å². The first kappa shape index (κ1) is 16.4. The minimum absolute atomic E-state index is 0.179. The molecule has 0 aliphatic carbocycles. The van der Waals surface area contributed by atoms with Crippen LogP contribution in [0.5, 0.6) is 5.75 Å². The highest BCUT2D eigenvalue weighted by Crippen LogP contribution is 2.23. The molecule has 4 heteroatoms. The molecule has 0 heterocycles. The summed E-state index contributed by atoms with van der Waals surface area (Å²) in [5.41, 5.74) is 3.90. The van der Waals surface area contributed by atoms with Crippen LogP contribution >= 0.6 is 11.6 Å². The molecule has 0 fully saturated rings. The third kappa shape index (κ3) is 4.01. The topological polar surface area (TPSA) is 38.3 Å². The number of carbonyl (C=O) groups excluding carboxylic acids is 1. The summed E-state index contributed by atoms with van der Waals surface area (Å²) in [4.78, 5) is 12.3. The fraction of sp³-hybridized carbons (Fsp3) is 0.278. The van der Waals surface area contributed by atoms with Crippen molar-refractivity contribution in [2.75, 3.05) is 5.32 Å². The SMILES string of the molecule is Cc1ccc(NC(=O)[C@@H](C)Oc2ccc(Cl)cc2C)c(C)c1. The Kier molecular flexibility index (Phi) is 5.09. The number of hydrogen-bond acceptors (Lipinski definition) is 2. The van der Waals surface area contributed by atoms with E-state index < -0.39 is 6.10 Å². The molecule has 116 valence electrons. The van der Waals surface area contributed by atoms with E-state index in [1.54, 1.807) is 19.1 Å². The lowest BCUT2D eigenvalue weighted by Crippen LogP contribution is -2.30. The second-order valence-electron chi connectivity index (χ2n) is 5.48. The van der Waals surface area contributed by atoms with Gasteiger partial charge in [-0.25, -0.2) is 0 Å². The van der Waals surface area contributed by atoms with Gasteiger partial charge in [0.05, 0.1) is 0 Å². The van der Waals surface area contributed by atoms with E-state index in [1.165, 1.54) is 0 Å². The average molecular weight is 318 g/mol. The van der Waals surface area contributed by atoms with Crippen molar-refractivity contribution in [1.82, 2.24) is 0 Å². The van der Waals surface area contributed by atoms with E-state index in [4.69, 9.17) is 16.3 Å². The number of aryl methyl sites for hydroxylation is 3. The van der Waals surface area contributed by atoms with Crippen LogP contribution in [-0.2, 0) is 4.79 Å². The Hall–Kier alpha value is -2.00. The molecule has 1 N–H and O–H groups in total. The number of nitrogens with one attached hydrogen (secondary N) is 1. The van der Waals surface area contributed by atoms with Gasteiger partial charge in [0.2, 0.25) is 0 Å². The quantitative estimate of drug-likeness (QED) is 0.889. The lowest BCUT2D eigenvalue weighted by Gasteiger charge is -2.17. The molecule has 0 spiro atoms. The van der Waals surface area contributed by atoms with Crippen molar-refractivity contribution in [2.45, 2.75) is 33.8 Å². The van der Waals surface area contributed by atoms with Gasteiger partial charge in [0.1, 0.15) is 5.75 Å². The molecule has 2 aromatic carbocycles. The van der Waals surface area contributed by atoms with Gasteiger partial charge in [-0.1, -0.05) is 29.3 Å². The van der Waals surface area contributed by atoms with E-state index in [0.717, 1.165) is 22.4 Å². The van der Waals surface area contributed by atoms with Gasteiger partial charge in [-0.2, -0.15) is 0 Å². The van der Waals surface area contributed by atoms with Crippen molar-refractivity contribution in [3.05, 3.63) is 58.1 Å². The molecule has 1 atom stereocenters. The maximum absolute atomic E-state index is 12.3. The summed E-state index contributed by atoms with van der Waals surface area (Å²) in [6.07, 6.45) is -0.597. The molecular formula is C18H20ClNO2. The van der Waals surface area contributed by atoms with Crippen LogP contribution in [-0.4, -0.2) is 12.0 Å². The molecule has 0 unspecified atom stereocenters. The van der Waals surface area contributed by atoms with Crippen molar-refractivity contribution < 1.29 is 9.53 Å². The number of ether oxygens (including phenoxy) is 1. The normalized spacial score (nSPS) is 11.9. The van der Waals surface area contributed by atoms with E-state index in [1.807, 2.05) is 45.0 Å². The molecule has 0 aromatic heterocycles. The van der Waals surface area contributed by atoms with Gasteiger partial charge < -0.3 is 10.1 Å². The Labute approximate surface area is 136 Å². The minimum Gasteiger partial charge on any atom is -0.481 e. The zero-order valence-corrected chi connectivity index (χ0v) is 14.0. The summed E-state index contributed by atoms with van der Waals surface area (Å²) in [6.45, 7) is 7.62. The Morgan fingerprint density at radius 1 is 1.09 bits per heavy atom. The van der Waals surface area contributed by atoms with Crippen LogP contribution in [0.2, 0.25) is 5.02 Å². The monoisotopic (exact) mass is 317 g/mol. The van der Waals surface area contributed by atoms with E-state index in [2.05, 4.69) is 5.32 Å². The van der Waals surface area contributed by atoms with Crippen LogP contribution in [0.15, 0.2) is 36.4 Å². The predicted molar refractivity (Wildman–Crippen MR) is 90.8 cm³/mol. The maximum Gasteiger partial charge on any atom is 0.265 e. The summed E-state index contributed by atoms with van der Waals surface area (Å²) in [6, 6.07) is 11.2. The van der Waals surface area contributed by atoms with Crippen LogP contribution in [0.1, 0.15) is 23.6 Å². The van der Waals surface area contributed by atoms with Crippen LogP contribution in [0.4, 0.5) is 5.69 Å². The summed E-state index contributed by atoms with van der Waals surface area (Å²) in [7, 11) is 0. The number of halogens is 1. The highest BCUT2D eigenvalue weighted by molar-refractivity contribution is 6.30. The summed E-state index contributed by atoms with van der Waals surface area (Å²) in [5, 5.41) is 3.55. The largest absolute Gasteiger partial charge is 0.481 e. The second-order valence-corrected chi connectivity index (χ2v) is 5.91. The molecule has 0 saturated heterocycles. The highest BCUT2D eigenvalue weighted by Gasteiger charge is 2.16. The molecule has 3 nitrogen and oxygen atoms in total. The van der Waals surface area contributed by atoms with Crippen molar-refractivity contribution in [1.29, 1.82) is 0 Å². The van der Waals surface area contributed by atoms with E-state index in [9.17, 15) is 4.79 Å². The van der Waals surface area contributed by atoms with Gasteiger partial charge >= 0.3 is 0 Å². The number of rotatable bonds is 4. The third-order valence-electron chi connectivity index (χ3n) is 3.45. The molecular weight excluding hydrogens is 298 g/mol. The zero-order valence-electron chi connectivity index (χ0n) is 13.2. The number of benzene rings is 2. The van der Waals surface area contributed by atoms with Crippen molar-refractivity contribution in [3.8, 4) is 5.75 Å². The first-order chi connectivity index (χ1) is 10.4. The Morgan fingerprint density at radius 2 is 1.82 bits per heavy atom. The van der Waals surface area contributed by atoms with Crippen molar-refractivity contribution in [2.24, 2.45) is 0 Å². The molecule has 22 heavy (non-hydrogen) atoms. The molecule has 2 rings (SSSR count). The van der Waals surface area contributed by atoms with Gasteiger partial charge in [-0.15, -0.1) is 0 Å². The number of carbonyl (C=O) groups is 1. The summed E-state index contributed by atoms with van der Waals surface area (Å²) in [5.74, 6) is 0.481. The van der Waals surface area contributed by atoms with Crippen LogP contribution in [0, 0.1) is 20.8 Å². The lowest BCUT2D eigenvalue weighted by molar-refractivity contribution is -0.122. The summed E-state index contributed by atoms with van der Waals surface area (Å²) < 4.78 is 5.73. The summed E-state index contributed by atoms with van der Waals surface area (Å²) >= 11 is 5.92. The molecule has 0 aliphatic heterocycles. The van der Waals surface area contributed by atoms with Crippen molar-refractivity contribution in [3.63, 3.8) is 0 Å². The molecule has 0 saturated carbocycles. The van der Waals surface area contributed by atoms with Gasteiger partial charge in [0.15, 0.2) is 6.10 Å². The number of anilines is 1. The van der Waals surface area contributed by atoms with E-state index in [0.29, 0.717) is 10.8 Å². The van der Waals surface area contributed by atoms with Gasteiger partial charge in [0.25, 0.3) is 5.91 Å². The van der Waals surface area contributed by atoms with E-state index in [-0.39, 0.29) is 5.91 Å². The van der Waals surface area contributed by atoms with E-state index >= 15 is 0 Å². The Bertz CT molecular complexity index is 697. The smallest absolute Gasteiger partial charge is 0.265 e.